The van der Waals surface area contributed by atoms with Crippen LogP contribution in [0.4, 0.5) is 13.2 Å². The lowest BCUT2D eigenvalue weighted by Gasteiger charge is -2.30. The molecule has 1 saturated heterocycles. The molecule has 2 N–H and O–H groups in total. The summed E-state index contributed by atoms with van der Waals surface area (Å²) in [4.78, 5) is 31.5. The molecule has 2 aromatic heterocycles. The van der Waals surface area contributed by atoms with Crippen LogP contribution in [-0.4, -0.2) is 60.5 Å². The zero-order valence-corrected chi connectivity index (χ0v) is 21.3. The van der Waals surface area contributed by atoms with Gasteiger partial charge >= 0.3 is 6.36 Å². The van der Waals surface area contributed by atoms with Crippen LogP contribution in [0.15, 0.2) is 60.8 Å². The molecule has 0 saturated carbocycles. The van der Waals surface area contributed by atoms with Crippen LogP contribution >= 0.6 is 11.3 Å². The fourth-order valence-electron chi connectivity index (χ4n) is 4.28. The molecule has 4 rings (SSSR count). The number of amides is 2. The monoisotopic (exact) mass is 569 g/mol. The quantitative estimate of drug-likeness (QED) is 0.342. The Morgan fingerprint density at radius 2 is 1.84 bits per heavy atom. The van der Waals surface area contributed by atoms with E-state index >= 15 is 0 Å². The van der Waals surface area contributed by atoms with Gasteiger partial charge in [0, 0.05) is 29.0 Å². The van der Waals surface area contributed by atoms with Crippen LogP contribution in [0.3, 0.4) is 0 Å². The molecule has 1 fully saturated rings. The maximum Gasteiger partial charge on any atom is 0.573 e. The van der Waals surface area contributed by atoms with Crippen LogP contribution in [0.25, 0.3) is 10.4 Å². The molecule has 0 unspecified atom stereocenters. The van der Waals surface area contributed by atoms with Crippen molar-refractivity contribution in [1.82, 2.24) is 15.4 Å². The van der Waals surface area contributed by atoms with Gasteiger partial charge in [-0.1, -0.05) is 6.07 Å². The predicted octanol–water partition coefficient (Wildman–Crippen LogP) is 3.76. The molecule has 0 spiro atoms. The first-order chi connectivity index (χ1) is 17.9. The zero-order valence-electron chi connectivity index (χ0n) is 19.6. The summed E-state index contributed by atoms with van der Waals surface area (Å²) in [6, 6.07) is 13.0. The van der Waals surface area contributed by atoms with Crippen molar-refractivity contribution in [3.8, 4) is 16.2 Å². The lowest BCUT2D eigenvalue weighted by molar-refractivity contribution is -0.274. The number of aromatic nitrogens is 1. The molecule has 202 valence electrons. The topological polar surface area (TPSA) is 126 Å². The van der Waals surface area contributed by atoms with E-state index in [0.717, 1.165) is 23.5 Å². The maximum absolute atomic E-state index is 13.7. The smallest absolute Gasteiger partial charge is 0.406 e. The Kier molecular flexibility index (Phi) is 7.76. The SMILES string of the molecule is O=C(C[C@]1(c2ccc(-c3ccc(OC(F)(F)F)cc3)s2)CCN(C(=O)c2ccccn2)CCS1(=O)=O)NO. The number of carbonyl (C=O) groups excluding carboxylic acids is 2. The number of hydrogen-bond acceptors (Lipinski definition) is 8. The van der Waals surface area contributed by atoms with Crippen LogP contribution in [0.1, 0.15) is 28.2 Å². The molecule has 1 aromatic carbocycles. The Balaban J connectivity index is 1.67. The minimum atomic E-state index is -4.84. The molecule has 3 heterocycles. The van der Waals surface area contributed by atoms with Crippen LogP contribution in [0.2, 0.25) is 0 Å². The standard InChI is InChI=1S/C24H22F3N3O6S2/c25-24(26,27)36-17-6-4-16(5-7-17)19-8-9-20(37-19)23(15-21(31)29-33)10-12-30(13-14-38(23,34)35)22(32)18-3-1-2-11-28-18/h1-9,11,33H,10,12-15H2,(H,29,31)/t23-/m0/s1. The number of ether oxygens (including phenoxy) is 1. The number of halogens is 3. The van der Waals surface area contributed by atoms with Gasteiger partial charge in [-0.05, 0) is 60.5 Å². The van der Waals surface area contributed by atoms with Crippen molar-refractivity contribution >= 4 is 33.0 Å². The number of nitrogens with zero attached hydrogens (tertiary/aromatic N) is 2. The van der Waals surface area contributed by atoms with Crippen LogP contribution in [-0.2, 0) is 19.4 Å². The molecular formula is C24H22F3N3O6S2. The lowest BCUT2D eigenvalue weighted by Crippen LogP contribution is -2.41. The maximum atomic E-state index is 13.7. The molecule has 38 heavy (non-hydrogen) atoms. The van der Waals surface area contributed by atoms with Crippen molar-refractivity contribution in [3.05, 3.63) is 71.4 Å². The Hall–Kier alpha value is -3.49. The van der Waals surface area contributed by atoms with Gasteiger partial charge in [-0.25, -0.2) is 13.9 Å². The molecule has 2 amide bonds. The van der Waals surface area contributed by atoms with Gasteiger partial charge in [0.05, 0.1) is 12.2 Å². The summed E-state index contributed by atoms with van der Waals surface area (Å²) in [7, 11) is -4.05. The summed E-state index contributed by atoms with van der Waals surface area (Å²) >= 11 is 1.06. The van der Waals surface area contributed by atoms with Crippen LogP contribution in [0.5, 0.6) is 5.75 Å². The van der Waals surface area contributed by atoms with Crippen LogP contribution in [0, 0.1) is 0 Å². The number of alkyl halides is 3. The fourth-order valence-corrected chi connectivity index (χ4v) is 7.89. The first-order valence-corrected chi connectivity index (χ1v) is 13.7. The average molecular weight is 570 g/mol. The van der Waals surface area contributed by atoms with Gasteiger partial charge in [-0.15, -0.1) is 24.5 Å². The average Bonchev–Trinajstić information content (AvgIpc) is 3.33. The second kappa shape index (κ2) is 10.7. The molecule has 1 aliphatic rings. The van der Waals surface area contributed by atoms with E-state index in [2.05, 4.69) is 9.72 Å². The summed E-state index contributed by atoms with van der Waals surface area (Å²) in [6.07, 6.45) is -4.10. The van der Waals surface area contributed by atoms with Gasteiger partial charge in [-0.2, -0.15) is 0 Å². The lowest BCUT2D eigenvalue weighted by atomic mass is 9.97. The van der Waals surface area contributed by atoms with Gasteiger partial charge in [0.15, 0.2) is 9.84 Å². The summed E-state index contributed by atoms with van der Waals surface area (Å²) in [6.45, 7) is -0.108. The number of hydroxylamine groups is 1. The Morgan fingerprint density at radius 1 is 1.11 bits per heavy atom. The molecule has 14 heteroatoms. The predicted molar refractivity (Wildman–Crippen MR) is 131 cm³/mol. The fraction of sp³-hybridized carbons (Fsp3) is 0.292. The third-order valence-electron chi connectivity index (χ3n) is 6.18. The van der Waals surface area contributed by atoms with Gasteiger partial charge in [0.2, 0.25) is 5.91 Å². The minimum Gasteiger partial charge on any atom is -0.406 e. The van der Waals surface area contributed by atoms with Gasteiger partial charge in [0.1, 0.15) is 16.2 Å². The Labute approximate surface area is 219 Å². The van der Waals surface area contributed by atoms with E-state index in [1.54, 1.807) is 24.3 Å². The van der Waals surface area contributed by atoms with Crippen molar-refractivity contribution in [1.29, 1.82) is 0 Å². The van der Waals surface area contributed by atoms with Gasteiger partial charge in [0.25, 0.3) is 5.91 Å². The van der Waals surface area contributed by atoms with Crippen molar-refractivity contribution in [2.75, 3.05) is 18.8 Å². The first-order valence-electron chi connectivity index (χ1n) is 11.3. The van der Waals surface area contributed by atoms with Crippen molar-refractivity contribution < 1.29 is 41.1 Å². The minimum absolute atomic E-state index is 0.00403. The summed E-state index contributed by atoms with van der Waals surface area (Å²) < 4.78 is 66.9. The Bertz CT molecular complexity index is 1410. The first kappa shape index (κ1) is 27.5. The largest absolute Gasteiger partial charge is 0.573 e. The highest BCUT2D eigenvalue weighted by Crippen LogP contribution is 2.45. The number of nitrogens with one attached hydrogen (secondary N) is 1. The molecular weight excluding hydrogens is 547 g/mol. The van der Waals surface area contributed by atoms with Crippen molar-refractivity contribution in [2.45, 2.75) is 24.0 Å². The second-order valence-electron chi connectivity index (χ2n) is 8.52. The van der Waals surface area contributed by atoms with E-state index in [1.165, 1.54) is 34.8 Å². The number of rotatable bonds is 6. The molecule has 9 nitrogen and oxygen atoms in total. The molecule has 0 radical (unpaired) electrons. The molecule has 0 bridgehead atoms. The van der Waals surface area contributed by atoms with E-state index < -0.39 is 50.7 Å². The summed E-state index contributed by atoms with van der Waals surface area (Å²) in [5.74, 6) is -2.20. The van der Waals surface area contributed by atoms with Crippen LogP contribution < -0.4 is 10.2 Å². The summed E-state index contributed by atoms with van der Waals surface area (Å²) in [5, 5.41) is 9.19. The molecule has 3 aromatic rings. The number of thiophene rings is 1. The second-order valence-corrected chi connectivity index (χ2v) is 12.0. The highest BCUT2D eigenvalue weighted by Gasteiger charge is 2.50. The molecule has 0 aliphatic carbocycles. The Morgan fingerprint density at radius 3 is 2.47 bits per heavy atom. The van der Waals surface area contributed by atoms with Crippen molar-refractivity contribution in [2.24, 2.45) is 0 Å². The van der Waals surface area contributed by atoms with E-state index in [4.69, 9.17) is 0 Å². The normalized spacial score (nSPS) is 19.4. The third-order valence-corrected chi connectivity index (χ3v) is 10.1. The third kappa shape index (κ3) is 5.81. The van der Waals surface area contributed by atoms with Gasteiger partial charge in [-0.3, -0.25) is 19.8 Å². The highest BCUT2D eigenvalue weighted by molar-refractivity contribution is 7.92. The summed E-state index contributed by atoms with van der Waals surface area (Å²) in [5.41, 5.74) is 2.16. The number of benzene rings is 1. The van der Waals surface area contributed by atoms with E-state index in [9.17, 15) is 36.4 Å². The van der Waals surface area contributed by atoms with Gasteiger partial charge < -0.3 is 9.64 Å². The number of carbonyl (C=O) groups is 2. The van der Waals surface area contributed by atoms with E-state index in [0.29, 0.717) is 15.3 Å². The molecule has 1 atom stereocenters. The zero-order chi connectivity index (χ0) is 27.6. The highest BCUT2D eigenvalue weighted by atomic mass is 32.2. The number of sulfone groups is 1. The van der Waals surface area contributed by atoms with E-state index in [1.807, 2.05) is 0 Å². The molecule has 1 aliphatic heterocycles. The van der Waals surface area contributed by atoms with E-state index in [-0.39, 0.29) is 25.2 Å². The number of hydrogen-bond donors (Lipinski definition) is 2. The number of pyridine rings is 1. The van der Waals surface area contributed by atoms with Crippen molar-refractivity contribution in [3.63, 3.8) is 0 Å².